The number of cyclic esters (lactones) is 1. The number of benzene rings is 1. The molecule has 27 heavy (non-hydrogen) atoms. The summed E-state index contributed by atoms with van der Waals surface area (Å²) in [6.07, 6.45) is 3.03. The second-order valence-electron chi connectivity index (χ2n) is 5.32. The van der Waals surface area contributed by atoms with Crippen LogP contribution < -0.4 is 9.47 Å². The molecule has 1 aromatic carbocycles. The Labute approximate surface area is 155 Å². The Morgan fingerprint density at radius 1 is 1.22 bits per heavy atom. The van der Waals surface area contributed by atoms with E-state index < -0.39 is 11.9 Å². The number of furan rings is 1. The van der Waals surface area contributed by atoms with Crippen LogP contribution in [0.1, 0.15) is 18.2 Å². The highest BCUT2D eigenvalue weighted by atomic mass is 16.6. The van der Waals surface area contributed by atoms with Gasteiger partial charge in [-0.2, -0.15) is 0 Å². The molecule has 0 radical (unpaired) electrons. The van der Waals surface area contributed by atoms with Gasteiger partial charge in [0.15, 0.2) is 29.6 Å². The molecule has 0 saturated heterocycles. The van der Waals surface area contributed by atoms with E-state index in [0.717, 1.165) is 0 Å². The molecule has 140 valence electrons. The molecule has 0 spiro atoms. The number of aliphatic imine (C=N–C) groups is 1. The van der Waals surface area contributed by atoms with Gasteiger partial charge in [0.05, 0.1) is 20.0 Å². The minimum Gasteiger partial charge on any atom is -0.490 e. The summed E-state index contributed by atoms with van der Waals surface area (Å²) in [5.74, 6) is 0.214. The van der Waals surface area contributed by atoms with E-state index in [-0.39, 0.29) is 18.2 Å². The fourth-order valence-electron chi connectivity index (χ4n) is 2.27. The monoisotopic (exact) mass is 371 g/mol. The van der Waals surface area contributed by atoms with E-state index in [9.17, 15) is 9.59 Å². The molecule has 0 amide bonds. The maximum Gasteiger partial charge on any atom is 0.363 e. The Balaban J connectivity index is 1.84. The van der Waals surface area contributed by atoms with Crippen LogP contribution in [0.5, 0.6) is 11.5 Å². The first-order chi connectivity index (χ1) is 13.1. The van der Waals surface area contributed by atoms with Crippen LogP contribution in [0.15, 0.2) is 51.7 Å². The van der Waals surface area contributed by atoms with Gasteiger partial charge >= 0.3 is 11.9 Å². The predicted molar refractivity (Wildman–Crippen MR) is 94.4 cm³/mol. The standard InChI is InChI=1S/C19H17NO7/c1-3-24-16-10-12(6-7-14(16)26-11-17(21)23-2)9-13-19(22)27-18(20-13)15-5-4-8-25-15/h4-10H,3,11H2,1-2H3/b13-9+. The van der Waals surface area contributed by atoms with Crippen LogP contribution in [0.4, 0.5) is 0 Å². The fourth-order valence-corrected chi connectivity index (χ4v) is 2.27. The first-order valence-corrected chi connectivity index (χ1v) is 8.13. The van der Waals surface area contributed by atoms with Crippen LogP contribution in [-0.2, 0) is 19.1 Å². The maximum absolute atomic E-state index is 12.0. The molecule has 0 fully saturated rings. The van der Waals surface area contributed by atoms with Gasteiger partial charge in [0.2, 0.25) is 0 Å². The molecule has 0 N–H and O–H groups in total. The topological polar surface area (TPSA) is 96.6 Å². The van der Waals surface area contributed by atoms with Crippen molar-refractivity contribution in [2.75, 3.05) is 20.3 Å². The lowest BCUT2D eigenvalue weighted by Crippen LogP contribution is -2.13. The molecule has 0 saturated carbocycles. The zero-order valence-corrected chi connectivity index (χ0v) is 14.8. The van der Waals surface area contributed by atoms with Gasteiger partial charge < -0.3 is 23.4 Å². The molecule has 0 atom stereocenters. The summed E-state index contributed by atoms with van der Waals surface area (Å²) < 4.78 is 25.8. The first kappa shape index (κ1) is 18.2. The lowest BCUT2D eigenvalue weighted by Gasteiger charge is -2.11. The number of hydrogen-bond donors (Lipinski definition) is 0. The van der Waals surface area contributed by atoms with Gasteiger partial charge in [-0.05, 0) is 42.8 Å². The van der Waals surface area contributed by atoms with Crippen molar-refractivity contribution in [3.05, 3.63) is 53.6 Å². The molecule has 1 aliphatic rings. The molecule has 8 nitrogen and oxygen atoms in total. The Morgan fingerprint density at radius 2 is 2.07 bits per heavy atom. The molecule has 8 heteroatoms. The number of esters is 2. The van der Waals surface area contributed by atoms with E-state index in [0.29, 0.717) is 29.4 Å². The third-order valence-corrected chi connectivity index (χ3v) is 3.50. The van der Waals surface area contributed by atoms with E-state index in [1.54, 1.807) is 36.4 Å². The molecule has 1 aliphatic heterocycles. The highest BCUT2D eigenvalue weighted by Crippen LogP contribution is 2.30. The van der Waals surface area contributed by atoms with Crippen LogP contribution in [0.3, 0.4) is 0 Å². The summed E-state index contributed by atoms with van der Waals surface area (Å²) in [6.45, 7) is 1.99. The minimum atomic E-state index is -0.578. The highest BCUT2D eigenvalue weighted by molar-refractivity contribution is 6.11. The average Bonchev–Trinajstić information content (AvgIpc) is 3.31. The third kappa shape index (κ3) is 4.35. The molecule has 0 bridgehead atoms. The Hall–Kier alpha value is -3.55. The SMILES string of the molecule is CCOc1cc(/C=C2/N=C(c3ccco3)OC2=O)ccc1OCC(=O)OC. The van der Waals surface area contributed by atoms with Crippen molar-refractivity contribution in [2.45, 2.75) is 6.92 Å². The van der Waals surface area contributed by atoms with Gasteiger partial charge in [-0.3, -0.25) is 0 Å². The van der Waals surface area contributed by atoms with Crippen molar-refractivity contribution in [3.8, 4) is 11.5 Å². The summed E-state index contributed by atoms with van der Waals surface area (Å²) in [4.78, 5) is 27.4. The normalized spacial score (nSPS) is 14.7. The van der Waals surface area contributed by atoms with Crippen LogP contribution in [-0.4, -0.2) is 38.2 Å². The summed E-state index contributed by atoms with van der Waals surface area (Å²) in [6, 6.07) is 8.34. The van der Waals surface area contributed by atoms with Crippen molar-refractivity contribution in [3.63, 3.8) is 0 Å². The molecule has 0 unspecified atom stereocenters. The third-order valence-electron chi connectivity index (χ3n) is 3.50. The number of hydrogen-bond acceptors (Lipinski definition) is 8. The maximum atomic E-state index is 12.0. The van der Waals surface area contributed by atoms with Gasteiger partial charge in [0.25, 0.3) is 5.90 Å². The molecule has 2 heterocycles. The van der Waals surface area contributed by atoms with Gasteiger partial charge in [0.1, 0.15) is 0 Å². The van der Waals surface area contributed by atoms with Crippen molar-refractivity contribution in [2.24, 2.45) is 4.99 Å². The molecule has 1 aromatic heterocycles. The average molecular weight is 371 g/mol. The van der Waals surface area contributed by atoms with E-state index in [2.05, 4.69) is 9.73 Å². The smallest absolute Gasteiger partial charge is 0.363 e. The summed E-state index contributed by atoms with van der Waals surface area (Å²) in [7, 11) is 1.28. The lowest BCUT2D eigenvalue weighted by atomic mass is 10.1. The number of ether oxygens (including phenoxy) is 4. The fraction of sp³-hybridized carbons (Fsp3) is 0.211. The molecular weight excluding hydrogens is 354 g/mol. The van der Waals surface area contributed by atoms with Crippen molar-refractivity contribution >= 4 is 23.9 Å². The van der Waals surface area contributed by atoms with Crippen LogP contribution in [0.2, 0.25) is 0 Å². The van der Waals surface area contributed by atoms with E-state index in [1.807, 2.05) is 6.92 Å². The van der Waals surface area contributed by atoms with Crippen LogP contribution >= 0.6 is 0 Å². The summed E-state index contributed by atoms with van der Waals surface area (Å²) >= 11 is 0. The van der Waals surface area contributed by atoms with Gasteiger partial charge in [-0.15, -0.1) is 0 Å². The Kier molecular flexibility index (Phi) is 5.55. The zero-order valence-electron chi connectivity index (χ0n) is 14.8. The van der Waals surface area contributed by atoms with Crippen molar-refractivity contribution in [1.29, 1.82) is 0 Å². The first-order valence-electron chi connectivity index (χ1n) is 8.13. The van der Waals surface area contributed by atoms with Crippen molar-refractivity contribution < 1.29 is 33.0 Å². The van der Waals surface area contributed by atoms with Crippen molar-refractivity contribution in [1.82, 2.24) is 0 Å². The Morgan fingerprint density at radius 3 is 2.78 bits per heavy atom. The number of carbonyl (C=O) groups excluding carboxylic acids is 2. The summed E-state index contributed by atoms with van der Waals surface area (Å²) in [5.41, 5.74) is 0.785. The number of nitrogens with zero attached hydrogens (tertiary/aromatic N) is 1. The second kappa shape index (κ2) is 8.22. The van der Waals surface area contributed by atoms with Gasteiger partial charge in [-0.25, -0.2) is 14.6 Å². The van der Waals surface area contributed by atoms with Crippen LogP contribution in [0, 0.1) is 0 Å². The summed E-state index contributed by atoms with van der Waals surface area (Å²) in [5, 5.41) is 0. The van der Waals surface area contributed by atoms with E-state index in [1.165, 1.54) is 13.4 Å². The largest absolute Gasteiger partial charge is 0.490 e. The molecule has 3 rings (SSSR count). The highest BCUT2D eigenvalue weighted by Gasteiger charge is 2.25. The Bertz CT molecular complexity index is 897. The van der Waals surface area contributed by atoms with Gasteiger partial charge in [-0.1, -0.05) is 6.07 Å². The molecule has 0 aliphatic carbocycles. The predicted octanol–water partition coefficient (Wildman–Crippen LogP) is 2.57. The van der Waals surface area contributed by atoms with E-state index >= 15 is 0 Å². The molecule has 2 aromatic rings. The second-order valence-corrected chi connectivity index (χ2v) is 5.32. The molecular formula is C19H17NO7. The lowest BCUT2D eigenvalue weighted by molar-refractivity contribution is -0.143. The van der Waals surface area contributed by atoms with Crippen LogP contribution in [0.25, 0.3) is 6.08 Å². The quantitative estimate of drug-likeness (QED) is 0.545. The number of rotatable bonds is 7. The number of carbonyl (C=O) groups is 2. The van der Waals surface area contributed by atoms with E-state index in [4.69, 9.17) is 18.6 Å². The zero-order chi connectivity index (χ0) is 19.2. The number of methoxy groups -OCH3 is 1. The van der Waals surface area contributed by atoms with Gasteiger partial charge in [0, 0.05) is 0 Å². The minimum absolute atomic E-state index is 0.110.